The zero-order valence-corrected chi connectivity index (χ0v) is 12.3. The Morgan fingerprint density at radius 3 is 2.58 bits per heavy atom. The summed E-state index contributed by atoms with van der Waals surface area (Å²) in [4.78, 5) is 14.5. The van der Waals surface area contributed by atoms with Crippen molar-refractivity contribution < 1.29 is 14.3 Å². The van der Waals surface area contributed by atoms with Gasteiger partial charge < -0.3 is 14.4 Å². The van der Waals surface area contributed by atoms with Crippen LogP contribution in [0.3, 0.4) is 0 Å². The molecule has 0 unspecified atom stereocenters. The van der Waals surface area contributed by atoms with Gasteiger partial charge in [-0.2, -0.15) is 0 Å². The molecule has 0 radical (unpaired) electrons. The summed E-state index contributed by atoms with van der Waals surface area (Å²) in [6.07, 6.45) is 5.45. The molecule has 1 amide bonds. The van der Waals surface area contributed by atoms with Crippen molar-refractivity contribution in [3.63, 3.8) is 0 Å². The minimum absolute atomic E-state index is 0.214. The Morgan fingerprint density at radius 1 is 1.37 bits per heavy atom. The summed E-state index contributed by atoms with van der Waals surface area (Å²) in [5, 5.41) is 0. The lowest BCUT2D eigenvalue weighted by Gasteiger charge is -2.40. The van der Waals surface area contributed by atoms with Gasteiger partial charge in [0.05, 0.1) is 6.61 Å². The summed E-state index contributed by atoms with van der Waals surface area (Å²) in [6, 6.07) is 0. The molecule has 0 N–H and O–H groups in total. The minimum atomic E-state index is 0.214. The Labute approximate surface area is 116 Å². The van der Waals surface area contributed by atoms with Crippen molar-refractivity contribution in [2.45, 2.75) is 39.0 Å². The minimum Gasteiger partial charge on any atom is -0.383 e. The number of methoxy groups -OCH3 is 1. The molecular formula is C15H27NO3. The molecular weight excluding hydrogens is 242 g/mol. The lowest BCUT2D eigenvalue weighted by Crippen LogP contribution is -2.47. The highest BCUT2D eigenvalue weighted by Crippen LogP contribution is 2.33. The highest BCUT2D eigenvalue weighted by Gasteiger charge is 2.35. The standard InChI is InChI=1S/C15H27NO3/c1-15(6-9-19-10-7-15)12-16(8-11-18-2)14(17)13-4-3-5-13/h13H,3-12H2,1-2H3. The van der Waals surface area contributed by atoms with Crippen molar-refractivity contribution in [3.05, 3.63) is 0 Å². The van der Waals surface area contributed by atoms with Crippen molar-refractivity contribution >= 4 is 5.91 Å². The molecule has 2 fully saturated rings. The van der Waals surface area contributed by atoms with E-state index in [1.807, 2.05) is 4.90 Å². The summed E-state index contributed by atoms with van der Waals surface area (Å²) in [7, 11) is 1.70. The molecule has 0 spiro atoms. The van der Waals surface area contributed by atoms with Gasteiger partial charge in [0.1, 0.15) is 0 Å². The fraction of sp³-hybridized carbons (Fsp3) is 0.933. The summed E-state index contributed by atoms with van der Waals surface area (Å²) >= 11 is 0. The van der Waals surface area contributed by atoms with Crippen molar-refractivity contribution in [3.8, 4) is 0 Å². The van der Waals surface area contributed by atoms with E-state index in [9.17, 15) is 4.79 Å². The number of rotatable bonds is 6. The molecule has 0 atom stereocenters. The van der Waals surface area contributed by atoms with Gasteiger partial charge in [-0.1, -0.05) is 13.3 Å². The van der Waals surface area contributed by atoms with Gasteiger partial charge in [-0.25, -0.2) is 0 Å². The zero-order chi connectivity index (χ0) is 13.7. The van der Waals surface area contributed by atoms with Crippen LogP contribution in [0.4, 0.5) is 0 Å². The van der Waals surface area contributed by atoms with E-state index in [0.29, 0.717) is 12.5 Å². The molecule has 110 valence electrons. The van der Waals surface area contributed by atoms with E-state index in [4.69, 9.17) is 9.47 Å². The molecule has 0 aromatic rings. The lowest BCUT2D eigenvalue weighted by atomic mass is 9.80. The Morgan fingerprint density at radius 2 is 2.05 bits per heavy atom. The normalized spacial score (nSPS) is 22.8. The van der Waals surface area contributed by atoms with E-state index < -0.39 is 0 Å². The van der Waals surface area contributed by atoms with Crippen molar-refractivity contribution in [2.24, 2.45) is 11.3 Å². The maximum Gasteiger partial charge on any atom is 0.225 e. The molecule has 1 saturated heterocycles. The van der Waals surface area contributed by atoms with Gasteiger partial charge in [0.2, 0.25) is 5.91 Å². The average molecular weight is 269 g/mol. The van der Waals surface area contributed by atoms with Crippen LogP contribution in [0.25, 0.3) is 0 Å². The third-order valence-corrected chi connectivity index (χ3v) is 4.60. The number of nitrogens with zero attached hydrogens (tertiary/aromatic N) is 1. The second kappa shape index (κ2) is 6.71. The van der Waals surface area contributed by atoms with Gasteiger partial charge in [0, 0.05) is 39.3 Å². The van der Waals surface area contributed by atoms with Crippen molar-refractivity contribution in [1.29, 1.82) is 0 Å². The molecule has 1 aliphatic carbocycles. The molecule has 0 aromatic carbocycles. The first kappa shape index (κ1) is 14.8. The van der Waals surface area contributed by atoms with E-state index in [-0.39, 0.29) is 11.3 Å². The number of carbonyl (C=O) groups is 1. The summed E-state index contributed by atoms with van der Waals surface area (Å²) in [6.45, 7) is 6.14. The zero-order valence-electron chi connectivity index (χ0n) is 12.3. The first-order valence-corrected chi connectivity index (χ1v) is 7.50. The van der Waals surface area contributed by atoms with Crippen LogP contribution in [0.1, 0.15) is 39.0 Å². The van der Waals surface area contributed by atoms with Crippen LogP contribution in [0, 0.1) is 11.3 Å². The highest BCUT2D eigenvalue weighted by atomic mass is 16.5. The number of ether oxygens (including phenoxy) is 2. The number of amides is 1. The number of hydrogen-bond donors (Lipinski definition) is 0. The van der Waals surface area contributed by atoms with Gasteiger partial charge >= 0.3 is 0 Å². The lowest BCUT2D eigenvalue weighted by molar-refractivity contribution is -0.141. The van der Waals surface area contributed by atoms with Gasteiger partial charge in [-0.05, 0) is 31.1 Å². The molecule has 0 bridgehead atoms. The second-order valence-corrected chi connectivity index (χ2v) is 6.30. The van der Waals surface area contributed by atoms with Crippen LogP contribution in [0.15, 0.2) is 0 Å². The molecule has 1 saturated carbocycles. The number of carbonyl (C=O) groups excluding carboxylic acids is 1. The van der Waals surface area contributed by atoms with Gasteiger partial charge in [0.25, 0.3) is 0 Å². The van der Waals surface area contributed by atoms with Crippen LogP contribution in [0.2, 0.25) is 0 Å². The predicted octanol–water partition coefficient (Wildman–Crippen LogP) is 2.08. The second-order valence-electron chi connectivity index (χ2n) is 6.30. The van der Waals surface area contributed by atoms with E-state index in [0.717, 1.165) is 52.0 Å². The fourth-order valence-corrected chi connectivity index (χ4v) is 2.87. The molecule has 1 heterocycles. The Balaban J connectivity index is 1.93. The molecule has 1 aliphatic heterocycles. The average Bonchev–Trinajstić information content (AvgIpc) is 2.33. The molecule has 0 aromatic heterocycles. The van der Waals surface area contributed by atoms with Crippen LogP contribution in [0.5, 0.6) is 0 Å². The smallest absolute Gasteiger partial charge is 0.225 e. The monoisotopic (exact) mass is 269 g/mol. The molecule has 4 heteroatoms. The summed E-state index contributed by atoms with van der Waals surface area (Å²) < 4.78 is 10.6. The van der Waals surface area contributed by atoms with Gasteiger partial charge in [-0.15, -0.1) is 0 Å². The Bertz CT molecular complexity index is 296. The molecule has 2 aliphatic rings. The van der Waals surface area contributed by atoms with E-state index >= 15 is 0 Å². The third kappa shape index (κ3) is 3.93. The van der Waals surface area contributed by atoms with Crippen LogP contribution in [-0.2, 0) is 14.3 Å². The van der Waals surface area contributed by atoms with E-state index in [1.54, 1.807) is 7.11 Å². The van der Waals surface area contributed by atoms with Gasteiger partial charge in [-0.3, -0.25) is 4.79 Å². The molecule has 2 rings (SSSR count). The Kier molecular flexibility index (Phi) is 5.22. The Hall–Kier alpha value is -0.610. The highest BCUT2D eigenvalue weighted by molar-refractivity contribution is 5.79. The maximum absolute atomic E-state index is 12.5. The van der Waals surface area contributed by atoms with Crippen molar-refractivity contribution in [1.82, 2.24) is 4.90 Å². The first-order valence-electron chi connectivity index (χ1n) is 7.50. The van der Waals surface area contributed by atoms with Gasteiger partial charge in [0.15, 0.2) is 0 Å². The van der Waals surface area contributed by atoms with Crippen molar-refractivity contribution in [2.75, 3.05) is 40.0 Å². The summed E-state index contributed by atoms with van der Waals surface area (Å²) in [5.74, 6) is 0.622. The van der Waals surface area contributed by atoms with Crippen LogP contribution in [-0.4, -0.2) is 50.8 Å². The summed E-state index contributed by atoms with van der Waals surface area (Å²) in [5.41, 5.74) is 0.214. The van der Waals surface area contributed by atoms with Crippen LogP contribution >= 0.6 is 0 Å². The topological polar surface area (TPSA) is 38.8 Å². The predicted molar refractivity (Wildman–Crippen MR) is 74.0 cm³/mol. The maximum atomic E-state index is 12.5. The number of hydrogen-bond acceptors (Lipinski definition) is 3. The van der Waals surface area contributed by atoms with E-state index in [1.165, 1.54) is 6.42 Å². The first-order chi connectivity index (χ1) is 9.14. The quantitative estimate of drug-likeness (QED) is 0.741. The van der Waals surface area contributed by atoms with E-state index in [2.05, 4.69) is 6.92 Å². The molecule has 19 heavy (non-hydrogen) atoms. The van der Waals surface area contributed by atoms with Crippen LogP contribution < -0.4 is 0 Å². The fourth-order valence-electron chi connectivity index (χ4n) is 2.87. The largest absolute Gasteiger partial charge is 0.383 e. The molecule has 4 nitrogen and oxygen atoms in total. The SMILES string of the molecule is COCCN(CC1(C)CCOCC1)C(=O)C1CCC1. The third-order valence-electron chi connectivity index (χ3n) is 4.60.